The Morgan fingerprint density at radius 1 is 1.13 bits per heavy atom. The molecule has 0 bridgehead atoms. The van der Waals surface area contributed by atoms with E-state index in [2.05, 4.69) is 5.32 Å². The molecule has 1 aliphatic rings. The Balaban J connectivity index is 1.70. The quantitative estimate of drug-likeness (QED) is 0.594. The van der Waals surface area contributed by atoms with Crippen LogP contribution in [-0.4, -0.2) is 35.8 Å². The standard InChI is InChI=1S/C24H25FN2O3/c1-30-24(29)17-6-11-21-18(12-17)13-22(26-14-15-2-9-20(28)10-3-15)23(27-21)16-4-7-19(25)8-5-16/h4-8,11-13,15,20,26,28H,2-3,9-10,14H2,1H3. The van der Waals surface area contributed by atoms with Crippen LogP contribution in [0, 0.1) is 11.7 Å². The maximum Gasteiger partial charge on any atom is 0.337 e. The van der Waals surface area contributed by atoms with Gasteiger partial charge in [0.25, 0.3) is 0 Å². The summed E-state index contributed by atoms with van der Waals surface area (Å²) in [5.74, 6) is -0.209. The van der Waals surface area contributed by atoms with Crippen molar-refractivity contribution >= 4 is 22.6 Å². The largest absolute Gasteiger partial charge is 0.465 e. The summed E-state index contributed by atoms with van der Waals surface area (Å²) in [5, 5.41) is 14.1. The van der Waals surface area contributed by atoms with Crippen molar-refractivity contribution in [2.45, 2.75) is 31.8 Å². The van der Waals surface area contributed by atoms with Gasteiger partial charge in [-0.1, -0.05) is 0 Å². The number of methoxy groups -OCH3 is 1. The normalized spacial score (nSPS) is 18.9. The summed E-state index contributed by atoms with van der Waals surface area (Å²) >= 11 is 0. The maximum absolute atomic E-state index is 13.4. The highest BCUT2D eigenvalue weighted by Gasteiger charge is 2.20. The number of rotatable bonds is 5. The van der Waals surface area contributed by atoms with Crippen LogP contribution in [0.25, 0.3) is 22.2 Å². The minimum atomic E-state index is -0.394. The van der Waals surface area contributed by atoms with Crippen LogP contribution in [0.2, 0.25) is 0 Å². The van der Waals surface area contributed by atoms with Gasteiger partial charge in [0.15, 0.2) is 0 Å². The zero-order valence-electron chi connectivity index (χ0n) is 16.9. The molecule has 3 aromatic rings. The number of hydrogen-bond donors (Lipinski definition) is 2. The number of nitrogens with zero attached hydrogens (tertiary/aromatic N) is 1. The van der Waals surface area contributed by atoms with E-state index in [1.54, 1.807) is 30.3 Å². The highest BCUT2D eigenvalue weighted by Crippen LogP contribution is 2.32. The van der Waals surface area contributed by atoms with Crippen molar-refractivity contribution in [3.05, 3.63) is 59.9 Å². The summed E-state index contributed by atoms with van der Waals surface area (Å²) in [5.41, 5.74) is 3.60. The number of esters is 1. The molecule has 5 nitrogen and oxygen atoms in total. The van der Waals surface area contributed by atoms with E-state index in [9.17, 15) is 14.3 Å². The molecule has 6 heteroatoms. The highest BCUT2D eigenvalue weighted by molar-refractivity contribution is 5.96. The van der Waals surface area contributed by atoms with Crippen LogP contribution in [0.15, 0.2) is 48.5 Å². The number of benzene rings is 2. The first-order valence-corrected chi connectivity index (χ1v) is 10.2. The Morgan fingerprint density at radius 2 is 1.87 bits per heavy atom. The number of aliphatic hydroxyl groups is 1. The molecule has 30 heavy (non-hydrogen) atoms. The van der Waals surface area contributed by atoms with Gasteiger partial charge in [0.1, 0.15) is 5.82 Å². The van der Waals surface area contributed by atoms with Gasteiger partial charge in [-0.3, -0.25) is 0 Å². The number of pyridine rings is 1. The zero-order chi connectivity index (χ0) is 21.1. The third-order valence-corrected chi connectivity index (χ3v) is 5.75. The van der Waals surface area contributed by atoms with Gasteiger partial charge in [-0.15, -0.1) is 0 Å². The molecule has 0 amide bonds. The predicted octanol–water partition coefficient (Wildman–Crippen LogP) is 4.79. The second-order valence-corrected chi connectivity index (χ2v) is 7.85. The van der Waals surface area contributed by atoms with Crippen LogP contribution in [0.4, 0.5) is 10.1 Å². The topological polar surface area (TPSA) is 71.5 Å². The smallest absolute Gasteiger partial charge is 0.337 e. The zero-order valence-corrected chi connectivity index (χ0v) is 16.9. The molecule has 2 aromatic carbocycles. The van der Waals surface area contributed by atoms with Crippen molar-refractivity contribution in [1.29, 1.82) is 0 Å². The number of nitrogens with one attached hydrogen (secondary N) is 1. The molecule has 0 spiro atoms. The maximum atomic E-state index is 13.4. The molecule has 1 aliphatic carbocycles. The Hall–Kier alpha value is -2.99. The minimum Gasteiger partial charge on any atom is -0.465 e. The summed E-state index contributed by atoms with van der Waals surface area (Å²) in [7, 11) is 1.36. The van der Waals surface area contributed by atoms with Crippen molar-refractivity contribution in [2.75, 3.05) is 19.0 Å². The third-order valence-electron chi connectivity index (χ3n) is 5.75. The number of aromatic nitrogens is 1. The monoisotopic (exact) mass is 408 g/mol. The van der Waals surface area contributed by atoms with E-state index in [0.717, 1.165) is 60.1 Å². The average Bonchev–Trinajstić information content (AvgIpc) is 2.77. The van der Waals surface area contributed by atoms with Gasteiger partial charge in [-0.25, -0.2) is 14.2 Å². The fraction of sp³-hybridized carbons (Fsp3) is 0.333. The SMILES string of the molecule is COC(=O)c1ccc2nc(-c3ccc(F)cc3)c(NCC3CCC(O)CC3)cc2c1. The van der Waals surface area contributed by atoms with Crippen molar-refractivity contribution in [1.82, 2.24) is 4.98 Å². The van der Waals surface area contributed by atoms with E-state index in [0.29, 0.717) is 11.5 Å². The van der Waals surface area contributed by atoms with E-state index < -0.39 is 5.97 Å². The van der Waals surface area contributed by atoms with Gasteiger partial charge < -0.3 is 15.2 Å². The first-order valence-electron chi connectivity index (χ1n) is 10.2. The highest BCUT2D eigenvalue weighted by atomic mass is 19.1. The lowest BCUT2D eigenvalue weighted by Crippen LogP contribution is -2.23. The molecule has 1 heterocycles. The number of fused-ring (bicyclic) bond motifs is 1. The van der Waals surface area contributed by atoms with Crippen molar-refractivity contribution < 1.29 is 19.0 Å². The molecule has 0 atom stereocenters. The Morgan fingerprint density at radius 3 is 2.57 bits per heavy atom. The molecule has 2 N–H and O–H groups in total. The predicted molar refractivity (Wildman–Crippen MR) is 115 cm³/mol. The second-order valence-electron chi connectivity index (χ2n) is 7.85. The van der Waals surface area contributed by atoms with Crippen molar-refractivity contribution in [3.8, 4) is 11.3 Å². The van der Waals surface area contributed by atoms with Crippen molar-refractivity contribution in [3.63, 3.8) is 0 Å². The molecule has 4 rings (SSSR count). The van der Waals surface area contributed by atoms with Crippen LogP contribution in [0.3, 0.4) is 0 Å². The summed E-state index contributed by atoms with van der Waals surface area (Å²) in [6.45, 7) is 0.769. The molecule has 0 aliphatic heterocycles. The molecule has 0 radical (unpaired) electrons. The minimum absolute atomic E-state index is 0.185. The van der Waals surface area contributed by atoms with E-state index in [1.165, 1.54) is 19.2 Å². The molecule has 1 fully saturated rings. The van der Waals surface area contributed by atoms with Crippen molar-refractivity contribution in [2.24, 2.45) is 5.92 Å². The Labute approximate surface area is 174 Å². The molecule has 0 unspecified atom stereocenters. The first-order chi connectivity index (χ1) is 14.5. The summed E-state index contributed by atoms with van der Waals surface area (Å²) < 4.78 is 18.3. The fourth-order valence-corrected chi connectivity index (χ4v) is 3.99. The molecule has 156 valence electrons. The second kappa shape index (κ2) is 8.79. The number of anilines is 1. The number of hydrogen-bond acceptors (Lipinski definition) is 5. The lowest BCUT2D eigenvalue weighted by Gasteiger charge is -2.26. The van der Waals surface area contributed by atoms with Crippen LogP contribution in [0.1, 0.15) is 36.0 Å². The lowest BCUT2D eigenvalue weighted by molar-refractivity contribution is 0.0601. The van der Waals surface area contributed by atoms with E-state index in [4.69, 9.17) is 9.72 Å². The summed E-state index contributed by atoms with van der Waals surface area (Å²) in [6.07, 6.45) is 3.43. The van der Waals surface area contributed by atoms with Gasteiger partial charge in [0.2, 0.25) is 0 Å². The average molecular weight is 408 g/mol. The molecular weight excluding hydrogens is 383 g/mol. The molecular formula is C24H25FN2O3. The number of ether oxygens (including phenoxy) is 1. The van der Waals surface area contributed by atoms with Crippen LogP contribution >= 0.6 is 0 Å². The van der Waals surface area contributed by atoms with Gasteiger partial charge >= 0.3 is 5.97 Å². The number of carbonyl (C=O) groups excluding carboxylic acids is 1. The lowest BCUT2D eigenvalue weighted by atomic mass is 9.87. The van der Waals surface area contributed by atoms with Crippen LogP contribution in [0.5, 0.6) is 0 Å². The molecule has 1 aromatic heterocycles. The number of halogens is 1. The first kappa shape index (κ1) is 20.3. The molecule has 0 saturated heterocycles. The van der Waals surface area contributed by atoms with Crippen LogP contribution < -0.4 is 5.32 Å². The third kappa shape index (κ3) is 4.44. The van der Waals surface area contributed by atoms with Gasteiger partial charge in [-0.2, -0.15) is 0 Å². The summed E-state index contributed by atoms with van der Waals surface area (Å²) in [4.78, 5) is 16.7. The van der Waals surface area contributed by atoms with Gasteiger partial charge in [0, 0.05) is 17.5 Å². The number of carbonyl (C=O) groups is 1. The Bertz CT molecular complexity index is 1040. The summed E-state index contributed by atoms with van der Waals surface area (Å²) in [6, 6.07) is 13.5. The fourth-order valence-electron chi connectivity index (χ4n) is 3.99. The van der Waals surface area contributed by atoms with E-state index in [1.807, 2.05) is 6.07 Å². The van der Waals surface area contributed by atoms with Crippen LogP contribution in [-0.2, 0) is 4.74 Å². The van der Waals surface area contributed by atoms with E-state index >= 15 is 0 Å². The number of aliphatic hydroxyl groups excluding tert-OH is 1. The van der Waals surface area contributed by atoms with Gasteiger partial charge in [0.05, 0.1) is 35.7 Å². The van der Waals surface area contributed by atoms with E-state index in [-0.39, 0.29) is 11.9 Å². The Kier molecular flexibility index (Phi) is 5.95. The molecule has 1 saturated carbocycles. The van der Waals surface area contributed by atoms with Gasteiger partial charge in [-0.05, 0) is 80.1 Å².